The Hall–Kier alpha value is -0.650. The number of carbonyl (C=O) groups excluding carboxylic acids is 1. The van der Waals surface area contributed by atoms with Crippen molar-refractivity contribution in [1.82, 2.24) is 0 Å². The molecule has 0 aliphatic heterocycles. The Morgan fingerprint density at radius 2 is 2.00 bits per heavy atom. The van der Waals surface area contributed by atoms with Crippen molar-refractivity contribution in [1.29, 1.82) is 0 Å². The standard InChI is InChI=1S/C13H26O5/c1-5-17-12(10-16-9-7-14)13(3,4)6-8-18-11(2)15/h12,14H,5-10H2,1-4H3. The Bertz CT molecular complexity index is 227. The number of hydrogen-bond donors (Lipinski definition) is 1. The molecule has 0 saturated heterocycles. The van der Waals surface area contributed by atoms with Gasteiger partial charge in [-0.25, -0.2) is 0 Å². The fourth-order valence-electron chi connectivity index (χ4n) is 1.57. The highest BCUT2D eigenvalue weighted by Crippen LogP contribution is 2.28. The van der Waals surface area contributed by atoms with Gasteiger partial charge in [-0.2, -0.15) is 0 Å². The van der Waals surface area contributed by atoms with Crippen molar-refractivity contribution in [2.24, 2.45) is 5.41 Å². The monoisotopic (exact) mass is 262 g/mol. The van der Waals surface area contributed by atoms with Gasteiger partial charge in [0.25, 0.3) is 0 Å². The van der Waals surface area contributed by atoms with Crippen LogP contribution in [0.15, 0.2) is 0 Å². The summed E-state index contributed by atoms with van der Waals surface area (Å²) in [5, 5.41) is 8.69. The smallest absolute Gasteiger partial charge is 0.302 e. The third-order valence-electron chi connectivity index (χ3n) is 2.80. The molecule has 0 aromatic rings. The second-order valence-corrected chi connectivity index (χ2v) is 4.82. The van der Waals surface area contributed by atoms with Crippen LogP contribution in [0.3, 0.4) is 0 Å². The lowest BCUT2D eigenvalue weighted by molar-refractivity contribution is -0.143. The largest absolute Gasteiger partial charge is 0.466 e. The van der Waals surface area contributed by atoms with Crippen LogP contribution in [0, 0.1) is 5.41 Å². The van der Waals surface area contributed by atoms with Gasteiger partial charge in [0.15, 0.2) is 0 Å². The van der Waals surface area contributed by atoms with Gasteiger partial charge in [0.2, 0.25) is 0 Å². The van der Waals surface area contributed by atoms with Crippen LogP contribution in [0.1, 0.15) is 34.1 Å². The van der Waals surface area contributed by atoms with E-state index in [4.69, 9.17) is 19.3 Å². The van der Waals surface area contributed by atoms with E-state index in [9.17, 15) is 4.79 Å². The normalized spacial score (nSPS) is 13.4. The average molecular weight is 262 g/mol. The quantitative estimate of drug-likeness (QED) is 0.476. The molecular weight excluding hydrogens is 236 g/mol. The zero-order valence-corrected chi connectivity index (χ0v) is 11.9. The van der Waals surface area contributed by atoms with Crippen LogP contribution in [-0.4, -0.2) is 50.2 Å². The second-order valence-electron chi connectivity index (χ2n) is 4.82. The Morgan fingerprint density at radius 3 is 2.50 bits per heavy atom. The highest BCUT2D eigenvalue weighted by atomic mass is 16.5. The van der Waals surface area contributed by atoms with Gasteiger partial charge in [0, 0.05) is 13.5 Å². The van der Waals surface area contributed by atoms with E-state index >= 15 is 0 Å². The summed E-state index contributed by atoms with van der Waals surface area (Å²) in [5.41, 5.74) is -0.152. The highest BCUT2D eigenvalue weighted by molar-refractivity contribution is 5.65. The molecule has 0 spiro atoms. The first-order chi connectivity index (χ1) is 8.44. The maximum absolute atomic E-state index is 10.7. The number of ether oxygens (including phenoxy) is 3. The van der Waals surface area contributed by atoms with Gasteiger partial charge in [0.1, 0.15) is 0 Å². The average Bonchev–Trinajstić information content (AvgIpc) is 2.27. The lowest BCUT2D eigenvalue weighted by Gasteiger charge is -2.33. The minimum atomic E-state index is -0.268. The fraction of sp³-hybridized carbons (Fsp3) is 0.923. The number of esters is 1. The molecule has 18 heavy (non-hydrogen) atoms. The van der Waals surface area contributed by atoms with E-state index in [1.54, 1.807) is 0 Å². The molecule has 5 nitrogen and oxygen atoms in total. The SMILES string of the molecule is CCOC(COCCO)C(C)(C)CCOC(C)=O. The van der Waals surface area contributed by atoms with Crippen LogP contribution in [0.2, 0.25) is 0 Å². The third-order valence-corrected chi connectivity index (χ3v) is 2.80. The molecule has 0 radical (unpaired) electrons. The van der Waals surface area contributed by atoms with E-state index in [0.29, 0.717) is 32.8 Å². The topological polar surface area (TPSA) is 65.0 Å². The second kappa shape index (κ2) is 9.30. The summed E-state index contributed by atoms with van der Waals surface area (Å²) in [4.78, 5) is 10.7. The van der Waals surface area contributed by atoms with Crippen LogP contribution in [0.4, 0.5) is 0 Å². The summed E-state index contributed by atoms with van der Waals surface area (Å²) in [6.45, 7) is 9.17. The third kappa shape index (κ3) is 7.63. The fourth-order valence-corrected chi connectivity index (χ4v) is 1.57. The maximum atomic E-state index is 10.7. The predicted octanol–water partition coefficient (Wildman–Crippen LogP) is 1.38. The highest BCUT2D eigenvalue weighted by Gasteiger charge is 2.30. The first kappa shape index (κ1) is 17.4. The first-order valence-corrected chi connectivity index (χ1v) is 6.37. The molecular formula is C13H26O5. The summed E-state index contributed by atoms with van der Waals surface area (Å²) in [6, 6.07) is 0. The molecule has 0 rings (SSSR count). The molecule has 0 saturated carbocycles. The van der Waals surface area contributed by atoms with Gasteiger partial charge in [0.05, 0.1) is 32.5 Å². The number of aliphatic hydroxyl groups is 1. The van der Waals surface area contributed by atoms with Crippen LogP contribution < -0.4 is 0 Å². The Morgan fingerprint density at radius 1 is 1.33 bits per heavy atom. The molecule has 0 fully saturated rings. The van der Waals surface area contributed by atoms with Gasteiger partial charge >= 0.3 is 5.97 Å². The molecule has 0 bridgehead atoms. The number of carbonyl (C=O) groups is 1. The molecule has 0 aromatic carbocycles. The molecule has 1 unspecified atom stereocenters. The summed E-state index contributed by atoms with van der Waals surface area (Å²) < 4.78 is 15.9. The summed E-state index contributed by atoms with van der Waals surface area (Å²) >= 11 is 0. The summed E-state index contributed by atoms with van der Waals surface area (Å²) in [5.74, 6) is -0.268. The van der Waals surface area contributed by atoms with Crippen molar-refractivity contribution < 1.29 is 24.1 Å². The van der Waals surface area contributed by atoms with E-state index < -0.39 is 0 Å². The van der Waals surface area contributed by atoms with Crippen molar-refractivity contribution >= 4 is 5.97 Å². The van der Waals surface area contributed by atoms with Crippen molar-refractivity contribution in [3.05, 3.63) is 0 Å². The van der Waals surface area contributed by atoms with Crippen LogP contribution in [-0.2, 0) is 19.0 Å². The van der Waals surface area contributed by atoms with Crippen molar-refractivity contribution in [2.45, 2.75) is 40.2 Å². The zero-order chi connectivity index (χ0) is 14.0. The van der Waals surface area contributed by atoms with Crippen molar-refractivity contribution in [2.75, 3.05) is 33.0 Å². The van der Waals surface area contributed by atoms with E-state index in [0.717, 1.165) is 0 Å². The number of rotatable bonds is 10. The molecule has 0 amide bonds. The van der Waals surface area contributed by atoms with Crippen LogP contribution in [0.5, 0.6) is 0 Å². The van der Waals surface area contributed by atoms with E-state index in [-0.39, 0.29) is 24.1 Å². The molecule has 1 atom stereocenters. The summed E-state index contributed by atoms with van der Waals surface area (Å²) in [6.07, 6.45) is 0.629. The predicted molar refractivity (Wildman–Crippen MR) is 68.3 cm³/mol. The molecule has 0 aromatic heterocycles. The molecule has 0 aliphatic rings. The number of aliphatic hydroxyl groups excluding tert-OH is 1. The van der Waals surface area contributed by atoms with Gasteiger partial charge in [-0.15, -0.1) is 0 Å². The molecule has 0 heterocycles. The number of hydrogen-bond acceptors (Lipinski definition) is 5. The molecule has 1 N–H and O–H groups in total. The van der Waals surface area contributed by atoms with E-state index in [1.807, 2.05) is 6.92 Å². The van der Waals surface area contributed by atoms with Gasteiger partial charge < -0.3 is 19.3 Å². The first-order valence-electron chi connectivity index (χ1n) is 6.37. The lowest BCUT2D eigenvalue weighted by Crippen LogP contribution is -2.37. The minimum Gasteiger partial charge on any atom is -0.466 e. The lowest BCUT2D eigenvalue weighted by atomic mass is 9.83. The molecule has 108 valence electrons. The van der Waals surface area contributed by atoms with Crippen LogP contribution >= 0.6 is 0 Å². The van der Waals surface area contributed by atoms with E-state index in [2.05, 4.69) is 13.8 Å². The Labute approximate surface area is 109 Å². The van der Waals surface area contributed by atoms with Crippen LogP contribution in [0.25, 0.3) is 0 Å². The van der Waals surface area contributed by atoms with Gasteiger partial charge in [-0.3, -0.25) is 4.79 Å². The van der Waals surface area contributed by atoms with Crippen molar-refractivity contribution in [3.63, 3.8) is 0 Å². The van der Waals surface area contributed by atoms with Gasteiger partial charge in [-0.05, 0) is 18.8 Å². The molecule has 0 aliphatic carbocycles. The Balaban J connectivity index is 4.21. The van der Waals surface area contributed by atoms with Crippen molar-refractivity contribution in [3.8, 4) is 0 Å². The minimum absolute atomic E-state index is 0.00667. The maximum Gasteiger partial charge on any atom is 0.302 e. The van der Waals surface area contributed by atoms with Gasteiger partial charge in [-0.1, -0.05) is 13.8 Å². The van der Waals surface area contributed by atoms with E-state index in [1.165, 1.54) is 6.92 Å². The zero-order valence-electron chi connectivity index (χ0n) is 11.9. The summed E-state index contributed by atoms with van der Waals surface area (Å²) in [7, 11) is 0. The Kier molecular flexibility index (Phi) is 8.97. The molecule has 5 heteroatoms.